The number of methoxy groups -OCH3 is 1. The van der Waals surface area contributed by atoms with Crippen molar-refractivity contribution in [2.24, 2.45) is 0 Å². The van der Waals surface area contributed by atoms with Gasteiger partial charge in [0.05, 0.1) is 24.2 Å². The van der Waals surface area contributed by atoms with E-state index in [4.69, 9.17) is 4.74 Å². The SMILES string of the molecule is CCN(CC)S(=O)(=O)c1ccc(OC)c(NC(=O)CN2CCCCCCC2=O)c1. The molecule has 29 heavy (non-hydrogen) atoms. The van der Waals surface area contributed by atoms with E-state index >= 15 is 0 Å². The summed E-state index contributed by atoms with van der Waals surface area (Å²) in [5, 5.41) is 2.71. The van der Waals surface area contributed by atoms with E-state index in [0.29, 0.717) is 31.8 Å². The molecule has 1 N–H and O–H groups in total. The third-order valence-electron chi connectivity index (χ3n) is 5.04. The largest absolute Gasteiger partial charge is 0.495 e. The predicted octanol–water partition coefficient (Wildman–Crippen LogP) is 2.46. The van der Waals surface area contributed by atoms with Crippen LogP contribution in [0.2, 0.25) is 0 Å². The Labute approximate surface area is 173 Å². The first-order valence-electron chi connectivity index (χ1n) is 10.1. The number of hydrogen-bond acceptors (Lipinski definition) is 5. The molecule has 2 rings (SSSR count). The summed E-state index contributed by atoms with van der Waals surface area (Å²) in [6.07, 6.45) is 4.26. The van der Waals surface area contributed by atoms with Crippen LogP contribution in [0.25, 0.3) is 0 Å². The van der Waals surface area contributed by atoms with Crippen molar-refractivity contribution < 1.29 is 22.7 Å². The second-order valence-electron chi connectivity index (χ2n) is 6.98. The van der Waals surface area contributed by atoms with E-state index in [0.717, 1.165) is 25.7 Å². The Balaban J connectivity index is 2.20. The summed E-state index contributed by atoms with van der Waals surface area (Å²) in [4.78, 5) is 26.5. The molecule has 1 aliphatic heterocycles. The highest BCUT2D eigenvalue weighted by Crippen LogP contribution is 2.29. The van der Waals surface area contributed by atoms with Crippen LogP contribution < -0.4 is 10.1 Å². The van der Waals surface area contributed by atoms with Gasteiger partial charge in [-0.15, -0.1) is 0 Å². The Morgan fingerprint density at radius 2 is 1.86 bits per heavy atom. The van der Waals surface area contributed by atoms with Crippen molar-refractivity contribution in [3.8, 4) is 5.75 Å². The van der Waals surface area contributed by atoms with Crippen LogP contribution in [0.5, 0.6) is 5.75 Å². The molecular weight excluding hydrogens is 394 g/mol. The summed E-state index contributed by atoms with van der Waals surface area (Å²) < 4.78 is 32.2. The molecule has 1 fully saturated rings. The Morgan fingerprint density at radius 3 is 2.52 bits per heavy atom. The summed E-state index contributed by atoms with van der Waals surface area (Å²) >= 11 is 0. The van der Waals surface area contributed by atoms with E-state index in [1.807, 2.05) is 0 Å². The van der Waals surface area contributed by atoms with Crippen LogP contribution >= 0.6 is 0 Å². The average molecular weight is 426 g/mol. The summed E-state index contributed by atoms with van der Waals surface area (Å²) in [7, 11) is -2.22. The molecule has 1 aliphatic rings. The van der Waals surface area contributed by atoms with Crippen LogP contribution in [-0.2, 0) is 19.6 Å². The lowest BCUT2D eigenvalue weighted by Crippen LogP contribution is -2.39. The van der Waals surface area contributed by atoms with Gasteiger partial charge < -0.3 is 15.0 Å². The lowest BCUT2D eigenvalue weighted by molar-refractivity contribution is -0.135. The van der Waals surface area contributed by atoms with Crippen LogP contribution in [0, 0.1) is 0 Å². The number of carbonyl (C=O) groups excluding carboxylic acids is 2. The number of anilines is 1. The topological polar surface area (TPSA) is 96.0 Å². The normalized spacial score (nSPS) is 15.7. The number of benzene rings is 1. The highest BCUT2D eigenvalue weighted by molar-refractivity contribution is 7.89. The van der Waals surface area contributed by atoms with Crippen LogP contribution in [-0.4, -0.2) is 62.7 Å². The summed E-state index contributed by atoms with van der Waals surface area (Å²) in [6, 6.07) is 4.39. The van der Waals surface area contributed by atoms with Crippen molar-refractivity contribution in [1.29, 1.82) is 0 Å². The van der Waals surface area contributed by atoms with Crippen molar-refractivity contribution in [2.75, 3.05) is 38.6 Å². The molecule has 1 saturated heterocycles. The molecule has 2 amide bonds. The molecule has 1 aromatic rings. The first-order valence-corrected chi connectivity index (χ1v) is 11.5. The molecule has 9 heteroatoms. The minimum absolute atomic E-state index is 0.0234. The van der Waals surface area contributed by atoms with Crippen LogP contribution in [0.3, 0.4) is 0 Å². The van der Waals surface area contributed by atoms with Crippen LogP contribution in [0.15, 0.2) is 23.1 Å². The van der Waals surface area contributed by atoms with Gasteiger partial charge in [0.25, 0.3) is 0 Å². The van der Waals surface area contributed by atoms with Gasteiger partial charge in [-0.3, -0.25) is 9.59 Å². The van der Waals surface area contributed by atoms with Crippen molar-refractivity contribution in [1.82, 2.24) is 9.21 Å². The number of nitrogens with zero attached hydrogens (tertiary/aromatic N) is 2. The Hall–Kier alpha value is -2.13. The number of nitrogens with one attached hydrogen (secondary N) is 1. The number of rotatable bonds is 8. The monoisotopic (exact) mass is 425 g/mol. The van der Waals surface area contributed by atoms with Crippen LogP contribution in [0.4, 0.5) is 5.69 Å². The molecule has 0 spiro atoms. The number of amides is 2. The van der Waals surface area contributed by atoms with Gasteiger partial charge in [0.2, 0.25) is 21.8 Å². The second-order valence-corrected chi connectivity index (χ2v) is 8.92. The smallest absolute Gasteiger partial charge is 0.244 e. The van der Waals surface area contributed by atoms with Crippen molar-refractivity contribution in [2.45, 2.75) is 50.8 Å². The minimum Gasteiger partial charge on any atom is -0.495 e. The highest BCUT2D eigenvalue weighted by atomic mass is 32.2. The molecule has 0 aromatic heterocycles. The average Bonchev–Trinajstić information content (AvgIpc) is 2.68. The molecule has 8 nitrogen and oxygen atoms in total. The lowest BCUT2D eigenvalue weighted by Gasteiger charge is -2.24. The molecule has 0 unspecified atom stereocenters. The molecule has 0 saturated carbocycles. The fraction of sp³-hybridized carbons (Fsp3) is 0.600. The summed E-state index contributed by atoms with van der Waals surface area (Å²) in [6.45, 7) is 4.74. The van der Waals surface area contributed by atoms with E-state index < -0.39 is 10.0 Å². The zero-order valence-corrected chi connectivity index (χ0v) is 18.3. The number of ether oxygens (including phenoxy) is 1. The van der Waals surface area contributed by atoms with Gasteiger partial charge in [-0.25, -0.2) is 8.42 Å². The third kappa shape index (κ3) is 5.93. The quantitative estimate of drug-likeness (QED) is 0.690. The second kappa shape index (κ2) is 10.6. The third-order valence-corrected chi connectivity index (χ3v) is 7.09. The summed E-state index contributed by atoms with van der Waals surface area (Å²) in [5.74, 6) is -0.0462. The molecular formula is C20H31N3O5S. The fourth-order valence-corrected chi connectivity index (χ4v) is 4.89. The molecule has 162 valence electrons. The van der Waals surface area contributed by atoms with Gasteiger partial charge in [0.15, 0.2) is 0 Å². The van der Waals surface area contributed by atoms with Crippen molar-refractivity contribution in [3.05, 3.63) is 18.2 Å². The van der Waals surface area contributed by atoms with Gasteiger partial charge in [-0.2, -0.15) is 4.31 Å². The summed E-state index contributed by atoms with van der Waals surface area (Å²) in [5.41, 5.74) is 0.269. The highest BCUT2D eigenvalue weighted by Gasteiger charge is 2.24. The Kier molecular flexibility index (Phi) is 8.45. The van der Waals surface area contributed by atoms with Gasteiger partial charge in [0, 0.05) is 26.1 Å². The van der Waals surface area contributed by atoms with Gasteiger partial charge >= 0.3 is 0 Å². The molecule has 0 aliphatic carbocycles. The zero-order valence-electron chi connectivity index (χ0n) is 17.4. The van der Waals surface area contributed by atoms with E-state index in [9.17, 15) is 18.0 Å². The van der Waals surface area contributed by atoms with Crippen LogP contribution in [0.1, 0.15) is 46.0 Å². The van der Waals surface area contributed by atoms with E-state index in [1.165, 1.54) is 29.6 Å². The number of likely N-dealkylation sites (tertiary alicyclic amines) is 1. The fourth-order valence-electron chi connectivity index (χ4n) is 3.40. The number of sulfonamides is 1. The maximum Gasteiger partial charge on any atom is 0.244 e. The van der Waals surface area contributed by atoms with Crippen molar-refractivity contribution >= 4 is 27.5 Å². The van der Waals surface area contributed by atoms with E-state index in [1.54, 1.807) is 18.7 Å². The van der Waals surface area contributed by atoms with Gasteiger partial charge in [-0.1, -0.05) is 26.7 Å². The Morgan fingerprint density at radius 1 is 1.17 bits per heavy atom. The first-order chi connectivity index (χ1) is 13.8. The van der Waals surface area contributed by atoms with E-state index in [2.05, 4.69) is 5.32 Å². The zero-order chi connectivity index (χ0) is 21.4. The minimum atomic E-state index is -3.67. The standard InChI is InChI=1S/C20H31N3O5S/c1-4-23(5-2)29(26,27)16-11-12-18(28-3)17(14-16)21-19(24)15-22-13-9-7-6-8-10-20(22)25/h11-12,14H,4-10,13,15H2,1-3H3,(H,21,24). The Bertz CT molecular complexity index is 821. The molecule has 0 atom stereocenters. The molecule has 1 aromatic carbocycles. The maximum atomic E-state index is 12.8. The molecule has 0 bridgehead atoms. The first kappa shape index (κ1) is 23.2. The van der Waals surface area contributed by atoms with Crippen molar-refractivity contribution in [3.63, 3.8) is 0 Å². The predicted molar refractivity (Wildman–Crippen MR) is 111 cm³/mol. The maximum absolute atomic E-state index is 12.8. The number of hydrogen-bond donors (Lipinski definition) is 1. The lowest BCUT2D eigenvalue weighted by atomic mass is 10.1. The molecule has 1 heterocycles. The van der Waals surface area contributed by atoms with E-state index in [-0.39, 0.29) is 28.9 Å². The van der Waals surface area contributed by atoms with Gasteiger partial charge in [0.1, 0.15) is 5.75 Å². The number of carbonyl (C=O) groups is 2. The molecule has 0 radical (unpaired) electrons. The van der Waals surface area contributed by atoms with Gasteiger partial charge in [-0.05, 0) is 31.0 Å².